The SMILES string of the molecule is O=C(O)CC1CS(=O)(=O)CCN1c1nncs1. The molecule has 0 radical (unpaired) electrons. The van der Waals surface area contributed by atoms with Crippen LogP contribution >= 0.6 is 11.3 Å². The van der Waals surface area contributed by atoms with Crippen molar-refractivity contribution < 1.29 is 18.3 Å². The predicted octanol–water partition coefficient (Wildman–Crippen LogP) is -0.384. The molecule has 9 heteroatoms. The van der Waals surface area contributed by atoms with Gasteiger partial charge < -0.3 is 10.0 Å². The van der Waals surface area contributed by atoms with Crippen LogP contribution in [0.3, 0.4) is 0 Å². The van der Waals surface area contributed by atoms with Gasteiger partial charge >= 0.3 is 5.97 Å². The number of hydrogen-bond acceptors (Lipinski definition) is 7. The summed E-state index contributed by atoms with van der Waals surface area (Å²) in [5.74, 6) is -1.12. The monoisotopic (exact) mass is 277 g/mol. The average Bonchev–Trinajstić information content (AvgIpc) is 2.68. The Bertz CT molecular complexity index is 499. The van der Waals surface area contributed by atoms with Crippen molar-refractivity contribution in [3.63, 3.8) is 0 Å². The lowest BCUT2D eigenvalue weighted by Crippen LogP contribution is -2.49. The number of anilines is 1. The van der Waals surface area contributed by atoms with Crippen LogP contribution in [-0.2, 0) is 14.6 Å². The van der Waals surface area contributed by atoms with E-state index in [9.17, 15) is 13.2 Å². The fourth-order valence-corrected chi connectivity index (χ4v) is 3.99. The summed E-state index contributed by atoms with van der Waals surface area (Å²) >= 11 is 1.28. The van der Waals surface area contributed by atoms with Crippen molar-refractivity contribution in [3.05, 3.63) is 5.51 Å². The Hall–Kier alpha value is -1.22. The summed E-state index contributed by atoms with van der Waals surface area (Å²) in [6, 6.07) is -0.556. The molecule has 7 nitrogen and oxygen atoms in total. The van der Waals surface area contributed by atoms with Crippen LogP contribution in [0, 0.1) is 0 Å². The standard InChI is InChI=1S/C8H11N3O4S2/c12-7(13)3-6-4-17(14,15)2-1-11(6)8-10-9-5-16-8/h5-6H,1-4H2,(H,12,13). The van der Waals surface area contributed by atoms with Crippen LogP contribution in [0.1, 0.15) is 6.42 Å². The lowest BCUT2D eigenvalue weighted by Gasteiger charge is -2.33. The Kier molecular flexibility index (Phi) is 3.29. The van der Waals surface area contributed by atoms with Crippen molar-refractivity contribution in [2.75, 3.05) is 23.0 Å². The third-order valence-corrected chi connectivity index (χ3v) is 4.96. The average molecular weight is 277 g/mol. The summed E-state index contributed by atoms with van der Waals surface area (Å²) in [5.41, 5.74) is 1.54. The van der Waals surface area contributed by atoms with E-state index in [1.165, 1.54) is 16.8 Å². The number of carbonyl (C=O) groups is 1. The summed E-state index contributed by atoms with van der Waals surface area (Å²) in [6.07, 6.45) is -0.210. The van der Waals surface area contributed by atoms with E-state index in [-0.39, 0.29) is 24.5 Å². The van der Waals surface area contributed by atoms with E-state index in [0.29, 0.717) is 5.13 Å². The minimum absolute atomic E-state index is 0.0305. The van der Waals surface area contributed by atoms with Gasteiger partial charge in [0.1, 0.15) is 5.51 Å². The number of sulfone groups is 1. The third-order valence-electron chi connectivity index (χ3n) is 2.53. The summed E-state index contributed by atoms with van der Waals surface area (Å²) in [4.78, 5) is 12.5. The molecule has 1 N–H and O–H groups in total. The molecule has 0 bridgehead atoms. The lowest BCUT2D eigenvalue weighted by molar-refractivity contribution is -0.137. The zero-order valence-electron chi connectivity index (χ0n) is 8.81. The van der Waals surface area contributed by atoms with Gasteiger partial charge in [-0.15, -0.1) is 10.2 Å². The molecule has 1 fully saturated rings. The van der Waals surface area contributed by atoms with Crippen molar-refractivity contribution in [1.29, 1.82) is 0 Å². The first-order valence-corrected chi connectivity index (χ1v) is 7.63. The first-order chi connectivity index (χ1) is 7.98. The van der Waals surface area contributed by atoms with E-state index < -0.39 is 21.8 Å². The Morgan fingerprint density at radius 3 is 3.00 bits per heavy atom. The first kappa shape index (κ1) is 12.2. The number of nitrogens with zero attached hydrogens (tertiary/aromatic N) is 3. The second-order valence-electron chi connectivity index (χ2n) is 3.78. The minimum atomic E-state index is -3.15. The molecule has 0 amide bonds. The maximum absolute atomic E-state index is 11.5. The summed E-state index contributed by atoms with van der Waals surface area (Å²) in [6.45, 7) is 0.273. The molecule has 1 aliphatic rings. The molecule has 1 aliphatic heterocycles. The molecule has 1 saturated heterocycles. The first-order valence-electron chi connectivity index (χ1n) is 4.93. The molecular weight excluding hydrogens is 266 g/mol. The number of hydrogen-bond donors (Lipinski definition) is 1. The molecule has 2 heterocycles. The number of carboxylic acid groups (broad SMARTS) is 1. The predicted molar refractivity (Wildman–Crippen MR) is 61.9 cm³/mol. The fourth-order valence-electron chi connectivity index (χ4n) is 1.80. The van der Waals surface area contributed by atoms with Gasteiger partial charge in [0, 0.05) is 6.54 Å². The molecule has 0 aliphatic carbocycles. The van der Waals surface area contributed by atoms with Crippen LogP contribution in [0.4, 0.5) is 5.13 Å². The molecule has 0 aromatic carbocycles. The smallest absolute Gasteiger partial charge is 0.305 e. The fraction of sp³-hybridized carbons (Fsp3) is 0.625. The summed E-state index contributed by atoms with van der Waals surface area (Å²) in [7, 11) is -3.15. The van der Waals surface area contributed by atoms with E-state index >= 15 is 0 Å². The molecular formula is C8H11N3O4S2. The van der Waals surface area contributed by atoms with Crippen LogP contribution in [0.25, 0.3) is 0 Å². The van der Waals surface area contributed by atoms with E-state index in [1.54, 1.807) is 4.90 Å². The molecule has 2 rings (SSSR count). The van der Waals surface area contributed by atoms with Crippen LogP contribution in [-0.4, -0.2) is 53.8 Å². The molecule has 1 unspecified atom stereocenters. The van der Waals surface area contributed by atoms with Gasteiger partial charge in [-0.25, -0.2) is 8.42 Å². The van der Waals surface area contributed by atoms with E-state index in [4.69, 9.17) is 5.11 Å². The molecule has 1 aromatic heterocycles. The van der Waals surface area contributed by atoms with Crippen molar-refractivity contribution in [2.24, 2.45) is 0 Å². The quantitative estimate of drug-likeness (QED) is 0.803. The van der Waals surface area contributed by atoms with Crippen LogP contribution < -0.4 is 4.90 Å². The van der Waals surface area contributed by atoms with Crippen molar-refractivity contribution >= 4 is 32.3 Å². The summed E-state index contributed by atoms with van der Waals surface area (Å²) < 4.78 is 23.0. The number of aliphatic carboxylic acids is 1. The van der Waals surface area contributed by atoms with Crippen LogP contribution in [0.5, 0.6) is 0 Å². The second kappa shape index (κ2) is 4.57. The Labute approximate surface area is 102 Å². The van der Waals surface area contributed by atoms with Crippen molar-refractivity contribution in [3.8, 4) is 0 Å². The Morgan fingerprint density at radius 1 is 1.65 bits per heavy atom. The topological polar surface area (TPSA) is 100 Å². The number of rotatable bonds is 3. The van der Waals surface area contributed by atoms with Crippen molar-refractivity contribution in [2.45, 2.75) is 12.5 Å². The number of aromatic nitrogens is 2. The maximum Gasteiger partial charge on any atom is 0.305 e. The summed E-state index contributed by atoms with van der Waals surface area (Å²) in [5, 5.41) is 16.9. The zero-order chi connectivity index (χ0) is 12.5. The highest BCUT2D eigenvalue weighted by Crippen LogP contribution is 2.24. The van der Waals surface area contributed by atoms with Gasteiger partial charge in [-0.05, 0) is 0 Å². The van der Waals surface area contributed by atoms with Crippen molar-refractivity contribution in [1.82, 2.24) is 10.2 Å². The highest BCUT2D eigenvalue weighted by molar-refractivity contribution is 7.91. The Balaban J connectivity index is 2.22. The van der Waals surface area contributed by atoms with Gasteiger partial charge in [-0.3, -0.25) is 4.79 Å². The highest BCUT2D eigenvalue weighted by atomic mass is 32.2. The van der Waals surface area contributed by atoms with E-state index in [1.807, 2.05) is 0 Å². The lowest BCUT2D eigenvalue weighted by atomic mass is 10.2. The van der Waals surface area contributed by atoms with Gasteiger partial charge in [0.25, 0.3) is 0 Å². The normalized spacial score (nSPS) is 23.5. The minimum Gasteiger partial charge on any atom is -0.481 e. The molecule has 1 aromatic rings. The van der Waals surface area contributed by atoms with Crippen LogP contribution in [0.15, 0.2) is 5.51 Å². The molecule has 0 spiro atoms. The maximum atomic E-state index is 11.5. The van der Waals surface area contributed by atoms with Gasteiger partial charge in [0.05, 0.1) is 24.0 Å². The second-order valence-corrected chi connectivity index (χ2v) is 6.82. The van der Waals surface area contributed by atoms with Gasteiger partial charge in [0.2, 0.25) is 5.13 Å². The molecule has 1 atom stereocenters. The Morgan fingerprint density at radius 2 is 2.41 bits per heavy atom. The third kappa shape index (κ3) is 2.91. The van der Waals surface area contributed by atoms with E-state index in [0.717, 1.165) is 0 Å². The number of carboxylic acids is 1. The van der Waals surface area contributed by atoms with E-state index in [2.05, 4.69) is 10.2 Å². The zero-order valence-corrected chi connectivity index (χ0v) is 10.4. The van der Waals surface area contributed by atoms with Gasteiger partial charge in [-0.2, -0.15) is 0 Å². The van der Waals surface area contributed by atoms with Gasteiger partial charge in [-0.1, -0.05) is 11.3 Å². The van der Waals surface area contributed by atoms with Gasteiger partial charge in [0.15, 0.2) is 9.84 Å². The molecule has 17 heavy (non-hydrogen) atoms. The molecule has 0 saturated carbocycles. The highest BCUT2D eigenvalue weighted by Gasteiger charge is 2.33. The van der Waals surface area contributed by atoms with Crippen LogP contribution in [0.2, 0.25) is 0 Å². The molecule has 94 valence electrons. The largest absolute Gasteiger partial charge is 0.481 e.